The highest BCUT2D eigenvalue weighted by Crippen LogP contribution is 2.32. The zero-order valence-electron chi connectivity index (χ0n) is 16.0. The lowest BCUT2D eigenvalue weighted by Crippen LogP contribution is -2.21. The molecule has 2 amide bonds. The predicted octanol–water partition coefficient (Wildman–Crippen LogP) is 4.63. The molecule has 8 nitrogen and oxygen atoms in total. The molecule has 0 aliphatic heterocycles. The molecule has 1 aliphatic carbocycles. The number of carbonyl (C=O) groups excluding carboxylic acids is 1. The number of nitrogens with one attached hydrogen (secondary N) is 2. The minimum Gasteiger partial charge on any atom is -0.480 e. The Bertz CT molecular complexity index is 1050. The first-order chi connectivity index (χ1) is 14.0. The first kappa shape index (κ1) is 19.8. The molecule has 3 aromatic rings. The molecule has 0 unspecified atom stereocenters. The maximum absolute atomic E-state index is 12.5. The molecular weight excluding hydrogens is 414 g/mol. The third kappa shape index (κ3) is 4.75. The summed E-state index contributed by atoms with van der Waals surface area (Å²) in [6.07, 6.45) is 5.53. The highest BCUT2D eigenvalue weighted by molar-refractivity contribution is 7.18. The molecule has 152 valence electrons. The van der Waals surface area contributed by atoms with E-state index in [1.54, 1.807) is 12.3 Å². The van der Waals surface area contributed by atoms with Crippen LogP contribution < -0.4 is 15.4 Å². The van der Waals surface area contributed by atoms with E-state index in [2.05, 4.69) is 25.6 Å². The summed E-state index contributed by atoms with van der Waals surface area (Å²) in [6.45, 7) is 3.01. The van der Waals surface area contributed by atoms with Crippen LogP contribution in [0.3, 0.4) is 0 Å². The highest BCUT2D eigenvalue weighted by Gasteiger charge is 2.22. The number of fused-ring (bicyclic) bond motifs is 1. The molecule has 29 heavy (non-hydrogen) atoms. The summed E-state index contributed by atoms with van der Waals surface area (Å²) in [4.78, 5) is 26.4. The molecule has 0 atom stereocenters. The summed E-state index contributed by atoms with van der Waals surface area (Å²) in [7, 11) is 1.48. The molecule has 10 heteroatoms. The summed E-state index contributed by atoms with van der Waals surface area (Å²) in [5.41, 5.74) is 2.58. The molecule has 0 aromatic carbocycles. The number of aryl methyl sites for hydroxylation is 1. The van der Waals surface area contributed by atoms with Crippen molar-refractivity contribution in [3.8, 4) is 5.88 Å². The minimum absolute atomic E-state index is 0.293. The monoisotopic (exact) mass is 433 g/mol. The minimum atomic E-state index is -0.440. The lowest BCUT2D eigenvalue weighted by molar-refractivity contribution is 0.112. The summed E-state index contributed by atoms with van der Waals surface area (Å²) in [5.74, 6) is 0.942. The number of pyridine rings is 2. The predicted molar refractivity (Wildman–Crippen MR) is 113 cm³/mol. The molecular formula is C19H20ClN5O3S. The number of aromatic nitrogens is 3. The normalized spacial score (nSPS) is 13.5. The van der Waals surface area contributed by atoms with Gasteiger partial charge in [-0.3, -0.25) is 0 Å². The number of urea groups is 1. The zero-order valence-corrected chi connectivity index (χ0v) is 17.6. The van der Waals surface area contributed by atoms with Crippen molar-refractivity contribution in [2.24, 2.45) is 5.92 Å². The first-order valence-electron chi connectivity index (χ1n) is 9.13. The number of ether oxygens (including phenoxy) is 2. The molecule has 0 spiro atoms. The summed E-state index contributed by atoms with van der Waals surface area (Å²) in [6, 6.07) is 1.13. The van der Waals surface area contributed by atoms with E-state index in [1.807, 2.05) is 6.92 Å². The Kier molecular flexibility index (Phi) is 5.79. The standard InChI is InChI=1S/C19H20ClN5O3S/c1-10-23-16-13(9-28-8-11-3-4-11)15(7-22-18(16)29-10)25-19(26)24-12-5-14(20)17(27-2)21-6-12/h5-7,11H,3-4,8-9H2,1-2H3,(H2,24,25,26). The molecule has 4 rings (SSSR count). The SMILES string of the molecule is COc1ncc(NC(=O)Nc2cnc3sc(C)nc3c2COCC2CC2)cc1Cl. The van der Waals surface area contributed by atoms with Gasteiger partial charge in [0.15, 0.2) is 0 Å². The van der Waals surface area contributed by atoms with Crippen LogP contribution in [0, 0.1) is 12.8 Å². The van der Waals surface area contributed by atoms with Crippen molar-refractivity contribution in [3.63, 3.8) is 0 Å². The van der Waals surface area contributed by atoms with E-state index >= 15 is 0 Å². The Hall–Kier alpha value is -2.49. The number of methoxy groups -OCH3 is 1. The van der Waals surface area contributed by atoms with Crippen LogP contribution in [-0.2, 0) is 11.3 Å². The number of halogens is 1. The largest absolute Gasteiger partial charge is 0.480 e. The number of anilines is 2. The Morgan fingerprint density at radius 1 is 1.31 bits per heavy atom. The Morgan fingerprint density at radius 3 is 2.86 bits per heavy atom. The fourth-order valence-corrected chi connectivity index (χ4v) is 3.85. The van der Waals surface area contributed by atoms with Crippen molar-refractivity contribution < 1.29 is 14.3 Å². The summed E-state index contributed by atoms with van der Waals surface area (Å²) in [5, 5.41) is 6.76. The van der Waals surface area contributed by atoms with E-state index in [0.29, 0.717) is 41.4 Å². The van der Waals surface area contributed by atoms with E-state index in [1.165, 1.54) is 37.5 Å². The number of hydrogen-bond donors (Lipinski definition) is 2. The van der Waals surface area contributed by atoms with Crippen molar-refractivity contribution >= 4 is 50.7 Å². The van der Waals surface area contributed by atoms with Crippen LogP contribution in [0.25, 0.3) is 10.3 Å². The quantitative estimate of drug-likeness (QED) is 0.563. The topological polar surface area (TPSA) is 98.3 Å². The van der Waals surface area contributed by atoms with Crippen molar-refractivity contribution in [1.29, 1.82) is 0 Å². The van der Waals surface area contributed by atoms with E-state index in [0.717, 1.165) is 20.9 Å². The molecule has 1 fully saturated rings. The molecule has 2 N–H and O–H groups in total. The van der Waals surface area contributed by atoms with Gasteiger partial charge in [0.25, 0.3) is 0 Å². The summed E-state index contributed by atoms with van der Waals surface area (Å²) < 4.78 is 10.9. The van der Waals surface area contributed by atoms with E-state index in [9.17, 15) is 4.79 Å². The first-order valence-corrected chi connectivity index (χ1v) is 10.3. The van der Waals surface area contributed by atoms with Crippen molar-refractivity contribution in [3.05, 3.63) is 34.1 Å². The maximum Gasteiger partial charge on any atom is 0.323 e. The highest BCUT2D eigenvalue weighted by atomic mass is 35.5. The van der Waals surface area contributed by atoms with E-state index in [-0.39, 0.29) is 0 Å². The fraction of sp³-hybridized carbons (Fsp3) is 0.368. The van der Waals surface area contributed by atoms with Gasteiger partial charge in [0.05, 0.1) is 42.5 Å². The van der Waals surface area contributed by atoms with Gasteiger partial charge in [-0.2, -0.15) is 0 Å². The van der Waals surface area contributed by atoms with Gasteiger partial charge in [0.2, 0.25) is 5.88 Å². The number of amides is 2. The third-order valence-electron chi connectivity index (χ3n) is 4.44. The van der Waals surface area contributed by atoms with Crippen molar-refractivity contribution in [2.45, 2.75) is 26.4 Å². The molecule has 0 bridgehead atoms. The van der Waals surface area contributed by atoms with Crippen molar-refractivity contribution in [1.82, 2.24) is 15.0 Å². The number of carbonyl (C=O) groups is 1. The molecule has 0 radical (unpaired) electrons. The smallest absolute Gasteiger partial charge is 0.323 e. The second-order valence-corrected chi connectivity index (χ2v) is 8.38. The van der Waals surface area contributed by atoms with E-state index in [4.69, 9.17) is 21.1 Å². The van der Waals surface area contributed by atoms with Crippen LogP contribution in [0.15, 0.2) is 18.5 Å². The van der Waals surface area contributed by atoms with Gasteiger partial charge in [-0.15, -0.1) is 0 Å². The van der Waals surface area contributed by atoms with Gasteiger partial charge < -0.3 is 20.1 Å². The number of hydrogen-bond acceptors (Lipinski definition) is 7. The summed E-state index contributed by atoms with van der Waals surface area (Å²) >= 11 is 7.57. The molecule has 1 saturated carbocycles. The maximum atomic E-state index is 12.5. The lowest BCUT2D eigenvalue weighted by atomic mass is 10.2. The number of rotatable bonds is 7. The van der Waals surface area contributed by atoms with Gasteiger partial charge in [-0.25, -0.2) is 19.7 Å². The fourth-order valence-electron chi connectivity index (χ4n) is 2.82. The van der Waals surface area contributed by atoms with Gasteiger partial charge in [-0.05, 0) is 31.7 Å². The third-order valence-corrected chi connectivity index (χ3v) is 5.59. The zero-order chi connectivity index (χ0) is 20.4. The number of nitrogens with zero attached hydrogens (tertiary/aromatic N) is 3. The van der Waals surface area contributed by atoms with Crippen LogP contribution >= 0.6 is 22.9 Å². The average Bonchev–Trinajstić information content (AvgIpc) is 3.42. The van der Waals surface area contributed by atoms with E-state index < -0.39 is 6.03 Å². The van der Waals surface area contributed by atoms with Crippen LogP contribution in [0.2, 0.25) is 5.02 Å². The average molecular weight is 434 g/mol. The van der Waals surface area contributed by atoms with Gasteiger partial charge >= 0.3 is 6.03 Å². The number of thiazole rings is 1. The molecule has 1 aliphatic rings. The second-order valence-electron chi connectivity index (χ2n) is 6.79. The van der Waals surface area contributed by atoms with Crippen LogP contribution in [-0.4, -0.2) is 34.7 Å². The van der Waals surface area contributed by atoms with Gasteiger partial charge in [0, 0.05) is 12.2 Å². The Morgan fingerprint density at radius 2 is 2.14 bits per heavy atom. The van der Waals surface area contributed by atoms with Gasteiger partial charge in [-0.1, -0.05) is 22.9 Å². The Labute approximate surface area is 176 Å². The van der Waals surface area contributed by atoms with Crippen LogP contribution in [0.4, 0.5) is 16.2 Å². The molecule has 0 saturated heterocycles. The second kappa shape index (κ2) is 8.48. The Balaban J connectivity index is 1.52. The molecule has 3 heterocycles. The van der Waals surface area contributed by atoms with Gasteiger partial charge in [0.1, 0.15) is 15.4 Å². The van der Waals surface area contributed by atoms with Crippen molar-refractivity contribution in [2.75, 3.05) is 24.4 Å². The molecule has 3 aromatic heterocycles. The van der Waals surface area contributed by atoms with Crippen LogP contribution in [0.1, 0.15) is 23.4 Å². The van der Waals surface area contributed by atoms with Crippen LogP contribution in [0.5, 0.6) is 5.88 Å². The lowest BCUT2D eigenvalue weighted by Gasteiger charge is -2.13.